The van der Waals surface area contributed by atoms with Gasteiger partial charge in [-0.2, -0.15) is 5.10 Å². The number of amides is 2. The molecule has 1 N–H and O–H groups in total. The molecule has 8 nitrogen and oxygen atoms in total. The third-order valence-electron chi connectivity index (χ3n) is 5.39. The van der Waals surface area contributed by atoms with Crippen LogP contribution in [0.1, 0.15) is 41.2 Å². The fourth-order valence-electron chi connectivity index (χ4n) is 3.92. The number of nitrogens with one attached hydrogen (secondary N) is 1. The van der Waals surface area contributed by atoms with Crippen LogP contribution in [0.15, 0.2) is 18.5 Å². The second-order valence-corrected chi connectivity index (χ2v) is 6.90. The monoisotopic (exact) mass is 357 g/mol. The number of nitrogens with zero attached hydrogens (tertiary/aromatic N) is 4. The van der Waals surface area contributed by atoms with Gasteiger partial charge in [-0.3, -0.25) is 9.59 Å². The van der Waals surface area contributed by atoms with Crippen molar-refractivity contribution in [3.8, 4) is 0 Å². The molecule has 0 aliphatic carbocycles. The Labute approximate surface area is 151 Å². The highest BCUT2D eigenvalue weighted by molar-refractivity contribution is 5.99. The summed E-state index contributed by atoms with van der Waals surface area (Å²) < 4.78 is 7.09. The van der Waals surface area contributed by atoms with Crippen LogP contribution in [0.3, 0.4) is 0 Å². The van der Waals surface area contributed by atoms with Gasteiger partial charge in [0.15, 0.2) is 5.65 Å². The second-order valence-electron chi connectivity index (χ2n) is 6.90. The van der Waals surface area contributed by atoms with Crippen molar-refractivity contribution < 1.29 is 14.3 Å². The summed E-state index contributed by atoms with van der Waals surface area (Å²) in [5.74, 6) is 0.325. The summed E-state index contributed by atoms with van der Waals surface area (Å²) >= 11 is 0. The molecule has 0 spiro atoms. The molecule has 2 fully saturated rings. The molecule has 0 saturated carbocycles. The summed E-state index contributed by atoms with van der Waals surface area (Å²) in [6, 6.07) is 1.93. The number of likely N-dealkylation sites (tertiary alicyclic amines) is 1. The Bertz CT molecular complexity index is 827. The Morgan fingerprint density at radius 1 is 1.27 bits per heavy atom. The van der Waals surface area contributed by atoms with Gasteiger partial charge in [-0.15, -0.1) is 0 Å². The van der Waals surface area contributed by atoms with Crippen LogP contribution in [-0.2, 0) is 9.53 Å². The van der Waals surface area contributed by atoms with Crippen molar-refractivity contribution in [1.82, 2.24) is 24.8 Å². The highest BCUT2D eigenvalue weighted by atomic mass is 16.5. The first-order valence-electron chi connectivity index (χ1n) is 9.10. The third kappa shape index (κ3) is 2.94. The van der Waals surface area contributed by atoms with Gasteiger partial charge in [0.1, 0.15) is 5.56 Å². The Hall–Kier alpha value is -2.48. The SMILES string of the molecule is CNC(=O)c1cnn2c([C@H]3CCN(C(=O)C4CCOCC4)C3)ccnc12. The van der Waals surface area contributed by atoms with Crippen molar-refractivity contribution in [3.05, 3.63) is 29.7 Å². The van der Waals surface area contributed by atoms with E-state index in [0.29, 0.717) is 31.0 Å². The second kappa shape index (κ2) is 7.03. The van der Waals surface area contributed by atoms with E-state index in [2.05, 4.69) is 15.4 Å². The van der Waals surface area contributed by atoms with Crippen LogP contribution in [0.25, 0.3) is 5.65 Å². The number of ether oxygens (including phenoxy) is 1. The number of aromatic nitrogens is 3. The van der Waals surface area contributed by atoms with Gasteiger partial charge in [0.05, 0.1) is 11.9 Å². The van der Waals surface area contributed by atoms with E-state index >= 15 is 0 Å². The molecule has 0 aromatic carbocycles. The zero-order valence-electron chi connectivity index (χ0n) is 14.9. The van der Waals surface area contributed by atoms with Gasteiger partial charge in [-0.1, -0.05) is 0 Å². The first-order valence-corrected chi connectivity index (χ1v) is 9.10. The predicted molar refractivity (Wildman–Crippen MR) is 93.9 cm³/mol. The fourth-order valence-corrected chi connectivity index (χ4v) is 3.92. The zero-order chi connectivity index (χ0) is 18.1. The molecular formula is C18H23N5O3. The standard InChI is InChI=1S/C18H23N5O3/c1-19-17(24)14-10-21-23-15(2-6-20-16(14)23)13-3-7-22(11-13)18(25)12-4-8-26-9-5-12/h2,6,10,12-13H,3-5,7-9,11H2,1H3,(H,19,24)/t13-/m0/s1. The van der Waals surface area contributed by atoms with Crippen molar-refractivity contribution in [2.24, 2.45) is 5.92 Å². The largest absolute Gasteiger partial charge is 0.381 e. The number of fused-ring (bicyclic) bond motifs is 1. The molecule has 2 amide bonds. The average Bonchev–Trinajstić information content (AvgIpc) is 3.34. The van der Waals surface area contributed by atoms with Crippen molar-refractivity contribution in [2.45, 2.75) is 25.2 Å². The van der Waals surface area contributed by atoms with E-state index < -0.39 is 0 Å². The third-order valence-corrected chi connectivity index (χ3v) is 5.39. The summed E-state index contributed by atoms with van der Waals surface area (Å²) in [4.78, 5) is 31.0. The molecule has 2 aliphatic heterocycles. The first-order chi connectivity index (χ1) is 12.7. The molecule has 2 aliphatic rings. The summed E-state index contributed by atoms with van der Waals surface area (Å²) in [7, 11) is 1.59. The zero-order valence-corrected chi connectivity index (χ0v) is 14.9. The Morgan fingerprint density at radius 3 is 2.85 bits per heavy atom. The quantitative estimate of drug-likeness (QED) is 0.879. The average molecular weight is 357 g/mol. The number of rotatable bonds is 3. The molecule has 2 aromatic heterocycles. The minimum Gasteiger partial charge on any atom is -0.381 e. The van der Waals surface area contributed by atoms with Gasteiger partial charge in [-0.25, -0.2) is 9.50 Å². The van der Waals surface area contributed by atoms with Crippen LogP contribution in [0.5, 0.6) is 0 Å². The normalized spacial score (nSPS) is 21.3. The van der Waals surface area contributed by atoms with Crippen molar-refractivity contribution in [2.75, 3.05) is 33.4 Å². The van der Waals surface area contributed by atoms with E-state index in [1.807, 2.05) is 11.0 Å². The number of carbonyl (C=O) groups excluding carboxylic acids is 2. The van der Waals surface area contributed by atoms with Gasteiger partial charge in [0.2, 0.25) is 5.91 Å². The summed E-state index contributed by atoms with van der Waals surface area (Å²) in [5, 5.41) is 6.98. The fraction of sp³-hybridized carbons (Fsp3) is 0.556. The van der Waals surface area contributed by atoms with Crippen LogP contribution in [-0.4, -0.2) is 64.7 Å². The maximum atomic E-state index is 12.8. The van der Waals surface area contributed by atoms with E-state index in [1.165, 1.54) is 0 Å². The van der Waals surface area contributed by atoms with Gasteiger partial charge in [-0.05, 0) is 25.3 Å². The van der Waals surface area contributed by atoms with E-state index in [1.54, 1.807) is 24.0 Å². The highest BCUT2D eigenvalue weighted by Crippen LogP contribution is 2.30. The maximum absolute atomic E-state index is 12.8. The molecule has 4 rings (SSSR count). The number of carbonyl (C=O) groups is 2. The van der Waals surface area contributed by atoms with Crippen LogP contribution < -0.4 is 5.32 Å². The molecule has 4 heterocycles. The van der Waals surface area contributed by atoms with Crippen LogP contribution >= 0.6 is 0 Å². The molecule has 2 aromatic rings. The lowest BCUT2D eigenvalue weighted by molar-refractivity contribution is -0.137. The van der Waals surface area contributed by atoms with E-state index in [9.17, 15) is 9.59 Å². The van der Waals surface area contributed by atoms with Gasteiger partial charge in [0, 0.05) is 51.4 Å². The summed E-state index contributed by atoms with van der Waals surface area (Å²) in [6.07, 6.45) is 5.78. The number of hydrogen-bond acceptors (Lipinski definition) is 5. The lowest BCUT2D eigenvalue weighted by Gasteiger charge is -2.26. The molecule has 8 heteroatoms. The Balaban J connectivity index is 1.54. The summed E-state index contributed by atoms with van der Waals surface area (Å²) in [5.41, 5.74) is 2.01. The molecule has 2 saturated heterocycles. The molecular weight excluding hydrogens is 334 g/mol. The lowest BCUT2D eigenvalue weighted by Crippen LogP contribution is -2.37. The number of hydrogen-bond donors (Lipinski definition) is 1. The van der Waals surface area contributed by atoms with E-state index in [-0.39, 0.29) is 23.7 Å². The molecule has 138 valence electrons. The molecule has 0 bridgehead atoms. The van der Waals surface area contributed by atoms with Gasteiger partial charge in [0.25, 0.3) is 5.91 Å². The van der Waals surface area contributed by atoms with Crippen molar-refractivity contribution >= 4 is 17.5 Å². The van der Waals surface area contributed by atoms with Gasteiger partial charge < -0.3 is 15.0 Å². The lowest BCUT2D eigenvalue weighted by atomic mass is 9.99. The van der Waals surface area contributed by atoms with Crippen LogP contribution in [0.2, 0.25) is 0 Å². The minimum atomic E-state index is -0.201. The minimum absolute atomic E-state index is 0.0875. The Kier molecular flexibility index (Phi) is 4.58. The van der Waals surface area contributed by atoms with E-state index in [4.69, 9.17) is 4.74 Å². The predicted octanol–water partition coefficient (Wildman–Crippen LogP) is 0.831. The topological polar surface area (TPSA) is 88.8 Å². The summed E-state index contributed by atoms with van der Waals surface area (Å²) in [6.45, 7) is 2.79. The molecule has 1 atom stereocenters. The van der Waals surface area contributed by atoms with Crippen LogP contribution in [0, 0.1) is 5.92 Å². The molecule has 0 radical (unpaired) electrons. The highest BCUT2D eigenvalue weighted by Gasteiger charge is 2.33. The van der Waals surface area contributed by atoms with Crippen LogP contribution in [0.4, 0.5) is 0 Å². The van der Waals surface area contributed by atoms with Crippen molar-refractivity contribution in [1.29, 1.82) is 0 Å². The maximum Gasteiger partial charge on any atom is 0.256 e. The van der Waals surface area contributed by atoms with Gasteiger partial charge >= 0.3 is 0 Å². The Morgan fingerprint density at radius 2 is 2.08 bits per heavy atom. The van der Waals surface area contributed by atoms with Crippen molar-refractivity contribution in [3.63, 3.8) is 0 Å². The molecule has 0 unspecified atom stereocenters. The molecule has 26 heavy (non-hydrogen) atoms. The van der Waals surface area contributed by atoms with E-state index in [0.717, 1.165) is 31.5 Å². The first kappa shape index (κ1) is 17.0. The smallest absolute Gasteiger partial charge is 0.256 e.